The Hall–Kier alpha value is -1.80. The van der Waals surface area contributed by atoms with E-state index in [1.54, 1.807) is 26.1 Å². The van der Waals surface area contributed by atoms with Crippen molar-refractivity contribution in [3.63, 3.8) is 0 Å². The maximum absolute atomic E-state index is 12.8. The zero-order valence-corrected chi connectivity index (χ0v) is 15.4. The second-order valence-electron chi connectivity index (χ2n) is 6.30. The molecule has 8 heteroatoms. The van der Waals surface area contributed by atoms with Crippen LogP contribution in [0.2, 0.25) is 0 Å². The molecular weight excluding hydrogens is 330 g/mol. The molecule has 0 unspecified atom stereocenters. The number of hydrogen-bond donors (Lipinski definition) is 1. The zero-order valence-electron chi connectivity index (χ0n) is 14.6. The smallest absolute Gasteiger partial charge is 0.247 e. The average Bonchev–Trinajstić information content (AvgIpc) is 2.53. The minimum atomic E-state index is -3.24. The van der Waals surface area contributed by atoms with Gasteiger partial charge in [0.05, 0.1) is 13.4 Å². The van der Waals surface area contributed by atoms with Crippen LogP contribution in [0.5, 0.6) is 5.75 Å². The summed E-state index contributed by atoms with van der Waals surface area (Å²) in [5, 5.41) is 3.33. The van der Waals surface area contributed by atoms with Crippen molar-refractivity contribution >= 4 is 21.6 Å². The van der Waals surface area contributed by atoms with Crippen molar-refractivity contribution in [3.8, 4) is 5.75 Å². The summed E-state index contributed by atoms with van der Waals surface area (Å²) in [6, 6.07) is 7.38. The van der Waals surface area contributed by atoms with Gasteiger partial charge < -0.3 is 15.0 Å². The van der Waals surface area contributed by atoms with Crippen LogP contribution < -0.4 is 10.1 Å². The molecule has 1 N–H and O–H groups in total. The molecule has 2 rings (SSSR count). The van der Waals surface area contributed by atoms with Crippen molar-refractivity contribution in [3.05, 3.63) is 24.3 Å². The van der Waals surface area contributed by atoms with Crippen LogP contribution in [0.1, 0.15) is 12.8 Å². The summed E-state index contributed by atoms with van der Waals surface area (Å²) in [5.41, 5.74) is -0.0470. The molecule has 1 aromatic carbocycles. The molecule has 24 heavy (non-hydrogen) atoms. The lowest BCUT2D eigenvalue weighted by Gasteiger charge is -2.42. The fourth-order valence-electron chi connectivity index (χ4n) is 3.00. The van der Waals surface area contributed by atoms with E-state index in [4.69, 9.17) is 4.74 Å². The maximum atomic E-state index is 12.8. The molecule has 1 saturated heterocycles. The molecule has 7 nitrogen and oxygen atoms in total. The molecule has 1 amide bonds. The Labute approximate surface area is 143 Å². The lowest BCUT2D eigenvalue weighted by Crippen LogP contribution is -2.58. The number of carbonyl (C=O) groups is 1. The van der Waals surface area contributed by atoms with Gasteiger partial charge in [0, 0.05) is 38.9 Å². The highest BCUT2D eigenvalue weighted by Gasteiger charge is 2.43. The molecule has 1 aliphatic rings. The Bertz CT molecular complexity index is 695. The SMILES string of the molecule is COc1cccc(NC2(C(=O)N(C)C)CCN(S(C)(=O)=O)CC2)c1. The number of methoxy groups -OCH3 is 1. The van der Waals surface area contributed by atoms with Gasteiger partial charge in [-0.25, -0.2) is 12.7 Å². The number of hydrogen-bond acceptors (Lipinski definition) is 5. The molecule has 1 aromatic rings. The largest absolute Gasteiger partial charge is 0.497 e. The quantitative estimate of drug-likeness (QED) is 0.852. The number of rotatable bonds is 5. The fourth-order valence-corrected chi connectivity index (χ4v) is 3.84. The van der Waals surface area contributed by atoms with E-state index in [1.165, 1.54) is 10.6 Å². The first-order chi connectivity index (χ1) is 11.2. The van der Waals surface area contributed by atoms with Crippen molar-refractivity contribution in [2.45, 2.75) is 18.4 Å². The molecule has 1 aliphatic heterocycles. The summed E-state index contributed by atoms with van der Waals surface area (Å²) in [7, 11) is 1.76. The first-order valence-corrected chi connectivity index (χ1v) is 9.62. The van der Waals surface area contributed by atoms with E-state index in [9.17, 15) is 13.2 Å². The number of carbonyl (C=O) groups excluding carboxylic acids is 1. The molecule has 0 aliphatic carbocycles. The summed E-state index contributed by atoms with van der Waals surface area (Å²) in [5.74, 6) is 0.638. The van der Waals surface area contributed by atoms with Gasteiger partial charge in [0.2, 0.25) is 15.9 Å². The number of benzene rings is 1. The molecule has 0 bridgehead atoms. The van der Waals surface area contributed by atoms with E-state index in [0.29, 0.717) is 31.7 Å². The Morgan fingerprint density at radius 2 is 1.92 bits per heavy atom. The lowest BCUT2D eigenvalue weighted by molar-refractivity contribution is -0.134. The van der Waals surface area contributed by atoms with Crippen LogP contribution in [0.15, 0.2) is 24.3 Å². The first-order valence-electron chi connectivity index (χ1n) is 7.77. The number of nitrogens with one attached hydrogen (secondary N) is 1. The van der Waals surface area contributed by atoms with Crippen LogP contribution in [0, 0.1) is 0 Å². The summed E-state index contributed by atoms with van der Waals surface area (Å²) < 4.78 is 30.1. The van der Waals surface area contributed by atoms with Crippen molar-refractivity contribution in [2.24, 2.45) is 0 Å². The van der Waals surface area contributed by atoms with E-state index in [2.05, 4.69) is 5.32 Å². The molecular formula is C16H25N3O4S. The highest BCUT2D eigenvalue weighted by Crippen LogP contribution is 2.31. The van der Waals surface area contributed by atoms with Crippen molar-refractivity contribution in [2.75, 3.05) is 45.9 Å². The Morgan fingerprint density at radius 3 is 2.42 bits per heavy atom. The van der Waals surface area contributed by atoms with Gasteiger partial charge in [-0.1, -0.05) is 6.07 Å². The Morgan fingerprint density at radius 1 is 1.29 bits per heavy atom. The molecule has 0 saturated carbocycles. The summed E-state index contributed by atoms with van der Waals surface area (Å²) in [4.78, 5) is 14.3. The van der Waals surface area contributed by atoms with Gasteiger partial charge in [0.1, 0.15) is 11.3 Å². The molecule has 1 fully saturated rings. The standard InChI is InChI=1S/C16H25N3O4S/c1-18(2)15(20)16(8-10-19(11-9-16)24(4,21)22)17-13-6-5-7-14(12-13)23-3/h5-7,12,17H,8-11H2,1-4H3. The third-order valence-electron chi connectivity index (χ3n) is 4.31. The molecule has 1 heterocycles. The predicted octanol–water partition coefficient (Wildman–Crippen LogP) is 0.989. The third-order valence-corrected chi connectivity index (χ3v) is 5.62. The van der Waals surface area contributed by atoms with Gasteiger partial charge in [0.25, 0.3) is 0 Å². The second-order valence-corrected chi connectivity index (χ2v) is 8.28. The lowest BCUT2D eigenvalue weighted by atomic mass is 9.86. The summed E-state index contributed by atoms with van der Waals surface area (Å²) in [6.07, 6.45) is 2.02. The second kappa shape index (κ2) is 6.98. The molecule has 134 valence electrons. The van der Waals surface area contributed by atoms with Gasteiger partial charge in [-0.3, -0.25) is 4.79 Å². The molecule has 0 radical (unpaired) electrons. The van der Waals surface area contributed by atoms with Crippen LogP contribution in [-0.4, -0.2) is 69.6 Å². The Kier molecular flexibility index (Phi) is 5.39. The first kappa shape index (κ1) is 18.5. The molecule has 0 spiro atoms. The number of ether oxygens (including phenoxy) is 1. The van der Waals surface area contributed by atoms with Crippen molar-refractivity contribution in [1.29, 1.82) is 0 Å². The number of amides is 1. The molecule has 0 aromatic heterocycles. The topological polar surface area (TPSA) is 79.0 Å². The van der Waals surface area contributed by atoms with Gasteiger partial charge in [-0.05, 0) is 25.0 Å². The van der Waals surface area contributed by atoms with Gasteiger partial charge in [0.15, 0.2) is 0 Å². The number of sulfonamides is 1. The van der Waals surface area contributed by atoms with Crippen LogP contribution in [0.4, 0.5) is 5.69 Å². The number of piperidine rings is 1. The van der Waals surface area contributed by atoms with Crippen LogP contribution in [0.25, 0.3) is 0 Å². The summed E-state index contributed by atoms with van der Waals surface area (Å²) in [6.45, 7) is 0.630. The van der Waals surface area contributed by atoms with Crippen molar-refractivity contribution < 1.29 is 17.9 Å². The number of likely N-dealkylation sites (N-methyl/N-ethyl adjacent to an activating group) is 1. The monoisotopic (exact) mass is 355 g/mol. The van der Waals surface area contributed by atoms with E-state index < -0.39 is 15.6 Å². The van der Waals surface area contributed by atoms with E-state index >= 15 is 0 Å². The highest BCUT2D eigenvalue weighted by atomic mass is 32.2. The van der Waals surface area contributed by atoms with E-state index in [1.807, 2.05) is 24.3 Å². The normalized spacial score (nSPS) is 18.0. The van der Waals surface area contributed by atoms with E-state index in [0.717, 1.165) is 5.69 Å². The van der Waals surface area contributed by atoms with Crippen LogP contribution in [-0.2, 0) is 14.8 Å². The van der Waals surface area contributed by atoms with Gasteiger partial charge in [-0.15, -0.1) is 0 Å². The van der Waals surface area contributed by atoms with Crippen LogP contribution in [0.3, 0.4) is 0 Å². The van der Waals surface area contributed by atoms with Gasteiger partial charge >= 0.3 is 0 Å². The van der Waals surface area contributed by atoms with E-state index in [-0.39, 0.29) is 5.91 Å². The maximum Gasteiger partial charge on any atom is 0.247 e. The zero-order chi connectivity index (χ0) is 18.0. The minimum Gasteiger partial charge on any atom is -0.497 e. The van der Waals surface area contributed by atoms with Crippen LogP contribution >= 0.6 is 0 Å². The Balaban J connectivity index is 2.27. The highest BCUT2D eigenvalue weighted by molar-refractivity contribution is 7.88. The number of anilines is 1. The number of nitrogens with zero attached hydrogens (tertiary/aromatic N) is 2. The average molecular weight is 355 g/mol. The molecule has 0 atom stereocenters. The predicted molar refractivity (Wildman–Crippen MR) is 93.7 cm³/mol. The third kappa shape index (κ3) is 3.99. The minimum absolute atomic E-state index is 0.0570. The van der Waals surface area contributed by atoms with Gasteiger partial charge in [-0.2, -0.15) is 0 Å². The van der Waals surface area contributed by atoms with Crippen molar-refractivity contribution in [1.82, 2.24) is 9.21 Å². The fraction of sp³-hybridized carbons (Fsp3) is 0.562. The summed E-state index contributed by atoms with van der Waals surface area (Å²) >= 11 is 0.